The van der Waals surface area contributed by atoms with Crippen molar-refractivity contribution >= 4 is 33.7 Å². The predicted octanol–water partition coefficient (Wildman–Crippen LogP) is 3.85. The van der Waals surface area contributed by atoms with Crippen LogP contribution >= 0.6 is 11.8 Å². The Hall–Kier alpha value is -2.41. The Kier molecular flexibility index (Phi) is 4.11. The van der Waals surface area contributed by atoms with Gasteiger partial charge in [-0.05, 0) is 47.9 Å². The Morgan fingerprint density at radius 1 is 1.04 bits per heavy atom. The van der Waals surface area contributed by atoms with E-state index in [0.717, 1.165) is 11.2 Å². The van der Waals surface area contributed by atoms with E-state index in [9.17, 15) is 10.2 Å². The molecule has 0 radical (unpaired) electrons. The third-order valence-corrected chi connectivity index (χ3v) is 5.95. The van der Waals surface area contributed by atoms with E-state index in [1.165, 1.54) is 40.9 Å². The summed E-state index contributed by atoms with van der Waals surface area (Å²) >= 11 is 1.32. The van der Waals surface area contributed by atoms with E-state index in [1.54, 1.807) is 6.20 Å². The highest BCUT2D eigenvalue weighted by atomic mass is 32.2. The van der Waals surface area contributed by atoms with Crippen molar-refractivity contribution in [3.05, 3.63) is 60.3 Å². The molecule has 2 heterocycles. The number of benzene rings is 2. The minimum Gasteiger partial charge on any atom is -0.367 e. The molecule has 2 aromatic heterocycles. The Bertz CT molecular complexity index is 1130. The van der Waals surface area contributed by atoms with E-state index >= 15 is 0 Å². The molecule has 1 saturated carbocycles. The fourth-order valence-corrected chi connectivity index (χ4v) is 4.40. The highest BCUT2D eigenvalue weighted by Crippen LogP contribution is 2.44. The third-order valence-electron chi connectivity index (χ3n) is 4.95. The van der Waals surface area contributed by atoms with E-state index in [1.807, 2.05) is 12.1 Å². The predicted molar refractivity (Wildman–Crippen MR) is 107 cm³/mol. The minimum atomic E-state index is -1.38. The van der Waals surface area contributed by atoms with E-state index in [0.29, 0.717) is 16.7 Å². The molecule has 1 fully saturated rings. The molecule has 2 N–H and O–H groups in total. The Labute approximate surface area is 160 Å². The molecular formula is C21H19N3O2S. The molecule has 4 aromatic rings. The summed E-state index contributed by atoms with van der Waals surface area (Å²) in [5, 5.41) is 21.8. The van der Waals surface area contributed by atoms with E-state index in [-0.39, 0.29) is 5.75 Å². The van der Waals surface area contributed by atoms with Gasteiger partial charge in [-0.1, -0.05) is 42.1 Å². The lowest BCUT2D eigenvalue weighted by molar-refractivity contribution is -0.0186. The Morgan fingerprint density at radius 3 is 2.63 bits per heavy atom. The molecule has 1 aliphatic carbocycles. The van der Waals surface area contributed by atoms with Crippen molar-refractivity contribution in [1.29, 1.82) is 0 Å². The zero-order valence-corrected chi connectivity index (χ0v) is 15.4. The maximum Gasteiger partial charge on any atom is 0.179 e. The van der Waals surface area contributed by atoms with Gasteiger partial charge in [0.15, 0.2) is 17.1 Å². The van der Waals surface area contributed by atoms with Crippen LogP contribution in [0.3, 0.4) is 0 Å². The molecule has 27 heavy (non-hydrogen) atoms. The van der Waals surface area contributed by atoms with Crippen LogP contribution in [0.2, 0.25) is 0 Å². The van der Waals surface area contributed by atoms with Gasteiger partial charge >= 0.3 is 0 Å². The van der Waals surface area contributed by atoms with Gasteiger partial charge in [-0.2, -0.15) is 0 Å². The van der Waals surface area contributed by atoms with Gasteiger partial charge in [-0.15, -0.1) is 0 Å². The van der Waals surface area contributed by atoms with Crippen molar-refractivity contribution < 1.29 is 10.2 Å². The first-order chi connectivity index (χ1) is 13.2. The standard InChI is InChI=1S/C21H19N3O2S/c25-19(26)12-27-21-23-20-18(6-3-11-22-20)24(21)17-10-9-14(13-7-8-13)15-4-1-2-5-16(15)17/h1-6,9-11,13,19,25-26H,7-8,12H2. The average Bonchev–Trinajstić information content (AvgIpc) is 3.46. The topological polar surface area (TPSA) is 71.2 Å². The van der Waals surface area contributed by atoms with Gasteiger partial charge in [-0.3, -0.25) is 4.57 Å². The number of rotatable bonds is 5. The molecule has 5 rings (SSSR count). The average molecular weight is 377 g/mol. The number of aliphatic hydroxyl groups is 2. The Balaban J connectivity index is 1.76. The van der Waals surface area contributed by atoms with Crippen molar-refractivity contribution in [2.45, 2.75) is 30.2 Å². The number of aliphatic hydroxyl groups excluding tert-OH is 1. The van der Waals surface area contributed by atoms with Gasteiger partial charge in [0.1, 0.15) is 0 Å². The van der Waals surface area contributed by atoms with Crippen LogP contribution in [-0.4, -0.2) is 36.8 Å². The molecule has 0 bridgehead atoms. The second-order valence-corrected chi connectivity index (χ2v) is 7.85. The number of aromatic nitrogens is 3. The summed E-state index contributed by atoms with van der Waals surface area (Å²) in [5.41, 5.74) is 4.02. The number of hydrogen-bond acceptors (Lipinski definition) is 5. The smallest absolute Gasteiger partial charge is 0.179 e. The van der Waals surface area contributed by atoms with Gasteiger partial charge in [0, 0.05) is 11.6 Å². The minimum absolute atomic E-state index is 0.154. The van der Waals surface area contributed by atoms with Crippen LogP contribution in [0.15, 0.2) is 59.9 Å². The molecule has 0 amide bonds. The second-order valence-electron chi connectivity index (χ2n) is 6.86. The molecule has 136 valence electrons. The van der Waals surface area contributed by atoms with Gasteiger partial charge in [0.2, 0.25) is 0 Å². The number of imidazole rings is 1. The maximum absolute atomic E-state index is 9.31. The first kappa shape index (κ1) is 16.7. The van der Waals surface area contributed by atoms with Crippen LogP contribution in [0.5, 0.6) is 0 Å². The zero-order valence-electron chi connectivity index (χ0n) is 14.6. The fraction of sp³-hybridized carbons (Fsp3) is 0.238. The first-order valence-electron chi connectivity index (χ1n) is 9.07. The molecule has 1 aliphatic rings. The molecule has 6 heteroatoms. The lowest BCUT2D eigenvalue weighted by Gasteiger charge is -2.14. The van der Waals surface area contributed by atoms with E-state index in [2.05, 4.69) is 50.9 Å². The highest BCUT2D eigenvalue weighted by Gasteiger charge is 2.26. The van der Waals surface area contributed by atoms with Crippen molar-refractivity contribution in [2.75, 3.05) is 5.75 Å². The van der Waals surface area contributed by atoms with Gasteiger partial charge in [0.05, 0.1) is 17.0 Å². The molecule has 0 saturated heterocycles. The van der Waals surface area contributed by atoms with E-state index < -0.39 is 6.29 Å². The van der Waals surface area contributed by atoms with Crippen LogP contribution in [0.4, 0.5) is 0 Å². The largest absolute Gasteiger partial charge is 0.367 e. The summed E-state index contributed by atoms with van der Waals surface area (Å²) in [6.07, 6.45) is 2.86. The van der Waals surface area contributed by atoms with Crippen molar-refractivity contribution in [3.63, 3.8) is 0 Å². The molecule has 0 aliphatic heterocycles. The van der Waals surface area contributed by atoms with Crippen LogP contribution < -0.4 is 0 Å². The number of pyridine rings is 1. The second kappa shape index (κ2) is 6.64. The summed E-state index contributed by atoms with van der Waals surface area (Å²) in [4.78, 5) is 9.01. The van der Waals surface area contributed by atoms with Crippen molar-refractivity contribution in [1.82, 2.24) is 14.5 Å². The molecule has 0 spiro atoms. The summed E-state index contributed by atoms with van der Waals surface area (Å²) < 4.78 is 2.08. The lowest BCUT2D eigenvalue weighted by Crippen LogP contribution is -2.08. The number of nitrogens with zero attached hydrogens (tertiary/aromatic N) is 3. The monoisotopic (exact) mass is 377 g/mol. The fourth-order valence-electron chi connectivity index (χ4n) is 3.62. The number of hydrogen-bond donors (Lipinski definition) is 2. The maximum atomic E-state index is 9.31. The summed E-state index contributed by atoms with van der Waals surface area (Å²) in [7, 11) is 0. The molecule has 2 aromatic carbocycles. The molecule has 0 atom stereocenters. The lowest BCUT2D eigenvalue weighted by atomic mass is 9.99. The van der Waals surface area contributed by atoms with E-state index in [4.69, 9.17) is 0 Å². The zero-order chi connectivity index (χ0) is 18.4. The quantitative estimate of drug-likeness (QED) is 0.408. The molecule has 5 nitrogen and oxygen atoms in total. The van der Waals surface area contributed by atoms with Crippen LogP contribution in [-0.2, 0) is 0 Å². The first-order valence-corrected chi connectivity index (χ1v) is 10.1. The summed E-state index contributed by atoms with van der Waals surface area (Å²) in [6, 6.07) is 16.8. The molecule has 0 unspecified atom stereocenters. The van der Waals surface area contributed by atoms with Gasteiger partial charge in [0.25, 0.3) is 0 Å². The van der Waals surface area contributed by atoms with Gasteiger partial charge < -0.3 is 10.2 Å². The normalized spacial score (nSPS) is 14.5. The summed E-state index contributed by atoms with van der Waals surface area (Å²) in [6.45, 7) is 0. The number of thioether (sulfide) groups is 1. The van der Waals surface area contributed by atoms with Crippen LogP contribution in [0.1, 0.15) is 24.3 Å². The van der Waals surface area contributed by atoms with Gasteiger partial charge in [-0.25, -0.2) is 9.97 Å². The van der Waals surface area contributed by atoms with Crippen molar-refractivity contribution in [2.24, 2.45) is 0 Å². The third kappa shape index (κ3) is 3.00. The Morgan fingerprint density at radius 2 is 1.85 bits per heavy atom. The van der Waals surface area contributed by atoms with Crippen molar-refractivity contribution in [3.8, 4) is 5.69 Å². The van der Waals surface area contributed by atoms with Crippen LogP contribution in [0.25, 0.3) is 27.6 Å². The SMILES string of the molecule is OC(O)CSc1nc2ncccc2n1-c1ccc(C2CC2)c2ccccc12. The van der Waals surface area contributed by atoms with Crippen LogP contribution in [0, 0.1) is 0 Å². The summed E-state index contributed by atoms with van der Waals surface area (Å²) in [5.74, 6) is 0.824. The number of fused-ring (bicyclic) bond motifs is 2. The molecular weight excluding hydrogens is 358 g/mol. The highest BCUT2D eigenvalue weighted by molar-refractivity contribution is 7.99.